The molecule has 1 aliphatic carbocycles. The van der Waals surface area contributed by atoms with E-state index in [1.807, 2.05) is 6.07 Å². The zero-order valence-electron chi connectivity index (χ0n) is 16.0. The maximum Gasteiger partial charge on any atom is 0.416 e. The van der Waals surface area contributed by atoms with Gasteiger partial charge in [-0.15, -0.1) is 11.3 Å². The predicted octanol–water partition coefficient (Wildman–Crippen LogP) is 6.66. The van der Waals surface area contributed by atoms with Crippen molar-refractivity contribution in [2.45, 2.75) is 44.9 Å². The molecule has 0 radical (unpaired) electrons. The zero-order chi connectivity index (χ0) is 21.9. The molecule has 0 saturated carbocycles. The smallest absolute Gasteiger partial charge is 0.416 e. The zero-order valence-corrected chi connectivity index (χ0v) is 17.6. The molecule has 3 rings (SSSR count). The van der Waals surface area contributed by atoms with Crippen molar-refractivity contribution in [1.82, 2.24) is 0 Å². The van der Waals surface area contributed by atoms with Crippen molar-refractivity contribution >= 4 is 34.4 Å². The van der Waals surface area contributed by atoms with Crippen molar-refractivity contribution in [3.05, 3.63) is 68.1 Å². The van der Waals surface area contributed by atoms with Crippen LogP contribution in [0.2, 0.25) is 4.34 Å². The molecule has 160 valence electrons. The molecule has 1 unspecified atom stereocenters. The van der Waals surface area contributed by atoms with Crippen molar-refractivity contribution in [1.29, 1.82) is 0 Å². The van der Waals surface area contributed by atoms with Gasteiger partial charge in [-0.25, -0.2) is 0 Å². The molecule has 0 amide bonds. The minimum atomic E-state index is -4.42. The van der Waals surface area contributed by atoms with E-state index in [4.69, 9.17) is 16.4 Å². The Labute approximate surface area is 180 Å². The summed E-state index contributed by atoms with van der Waals surface area (Å²) in [5.74, 6) is -0.831. The Morgan fingerprint density at radius 2 is 1.93 bits per heavy atom. The number of ketones is 1. The van der Waals surface area contributed by atoms with Crippen LogP contribution in [-0.2, 0) is 22.4 Å². The fourth-order valence-electron chi connectivity index (χ4n) is 3.29. The summed E-state index contributed by atoms with van der Waals surface area (Å²) >= 11 is 7.23. The Balaban J connectivity index is 1.74. The van der Waals surface area contributed by atoms with Gasteiger partial charge < -0.3 is 9.94 Å². The topological polar surface area (TPSA) is 58.9 Å². The molecule has 0 spiro atoms. The fourth-order valence-corrected chi connectivity index (χ4v) is 4.29. The van der Waals surface area contributed by atoms with Crippen molar-refractivity contribution in [3.63, 3.8) is 0 Å². The molecule has 9 heteroatoms. The van der Waals surface area contributed by atoms with Gasteiger partial charge in [0.2, 0.25) is 0 Å². The second-order valence-corrected chi connectivity index (χ2v) is 8.64. The number of nitrogens with zero attached hydrogens (tertiary/aromatic N) is 1. The number of aliphatic hydroxyl groups excluding tert-OH is 1. The molecule has 1 aromatic carbocycles. The average Bonchev–Trinajstić information content (AvgIpc) is 3.10. The number of benzene rings is 1. The molecule has 30 heavy (non-hydrogen) atoms. The van der Waals surface area contributed by atoms with E-state index in [-0.39, 0.29) is 36.6 Å². The third-order valence-corrected chi connectivity index (χ3v) is 5.99. The lowest BCUT2D eigenvalue weighted by molar-refractivity contribution is -0.137. The lowest BCUT2D eigenvalue weighted by Gasteiger charge is -2.24. The number of Topliss-reactive ketones (excluding diaryl/α,β-unsaturated/α-hetero) is 1. The van der Waals surface area contributed by atoms with Gasteiger partial charge in [-0.3, -0.25) is 4.79 Å². The number of alkyl halides is 3. The van der Waals surface area contributed by atoms with E-state index < -0.39 is 17.7 Å². The summed E-state index contributed by atoms with van der Waals surface area (Å²) in [4.78, 5) is 18.9. The van der Waals surface area contributed by atoms with Crippen molar-refractivity contribution < 1.29 is 27.9 Å². The first-order valence-electron chi connectivity index (χ1n) is 9.25. The lowest BCUT2D eigenvalue weighted by atomic mass is 9.81. The van der Waals surface area contributed by atoms with Gasteiger partial charge in [-0.1, -0.05) is 35.8 Å². The number of carbonyl (C=O) groups excluding carboxylic acids is 1. The van der Waals surface area contributed by atoms with E-state index in [0.717, 1.165) is 17.0 Å². The Bertz CT molecular complexity index is 980. The van der Waals surface area contributed by atoms with Crippen LogP contribution in [0.25, 0.3) is 0 Å². The predicted molar refractivity (Wildman–Crippen MR) is 110 cm³/mol. The van der Waals surface area contributed by atoms with Crippen molar-refractivity contribution in [2.24, 2.45) is 5.16 Å². The first-order valence-corrected chi connectivity index (χ1v) is 10.4. The van der Waals surface area contributed by atoms with Crippen LogP contribution in [0.3, 0.4) is 0 Å². The summed E-state index contributed by atoms with van der Waals surface area (Å²) in [7, 11) is 0. The normalized spacial score (nSPS) is 18.1. The molecule has 0 fully saturated rings. The van der Waals surface area contributed by atoms with Gasteiger partial charge in [-0.05, 0) is 42.2 Å². The van der Waals surface area contributed by atoms with Crippen molar-refractivity contribution in [3.8, 4) is 0 Å². The number of halogens is 4. The number of hydrogen-bond acceptors (Lipinski definition) is 5. The minimum absolute atomic E-state index is 0.0737. The summed E-state index contributed by atoms with van der Waals surface area (Å²) in [6, 6.07) is 8.23. The van der Waals surface area contributed by atoms with E-state index in [1.54, 1.807) is 13.0 Å². The first-order chi connectivity index (χ1) is 14.2. The number of oxime groups is 1. The Hall–Kier alpha value is -2.32. The van der Waals surface area contributed by atoms with Crippen LogP contribution in [0.5, 0.6) is 0 Å². The summed E-state index contributed by atoms with van der Waals surface area (Å²) in [6.07, 6.45) is -3.82. The van der Waals surface area contributed by atoms with Gasteiger partial charge in [-0.2, -0.15) is 13.2 Å². The van der Waals surface area contributed by atoms with E-state index in [0.29, 0.717) is 22.0 Å². The van der Waals surface area contributed by atoms with Gasteiger partial charge in [0.1, 0.15) is 5.76 Å². The van der Waals surface area contributed by atoms with E-state index in [1.165, 1.54) is 23.5 Å². The molecule has 1 N–H and O–H groups in total. The number of rotatable bonds is 6. The van der Waals surface area contributed by atoms with Crippen molar-refractivity contribution in [2.75, 3.05) is 0 Å². The molecule has 0 bridgehead atoms. The molecule has 1 aromatic heterocycles. The second-order valence-electron chi connectivity index (χ2n) is 6.84. The highest BCUT2D eigenvalue weighted by atomic mass is 35.5. The minimum Gasteiger partial charge on any atom is -0.511 e. The van der Waals surface area contributed by atoms with Gasteiger partial charge >= 0.3 is 6.18 Å². The van der Waals surface area contributed by atoms with Crippen LogP contribution in [0, 0.1) is 0 Å². The lowest BCUT2D eigenvalue weighted by Crippen LogP contribution is -2.23. The molecule has 1 heterocycles. The maximum atomic E-state index is 12.7. The van der Waals surface area contributed by atoms with Crippen LogP contribution < -0.4 is 0 Å². The monoisotopic (exact) mass is 457 g/mol. The van der Waals surface area contributed by atoms with Gasteiger partial charge in [0.05, 0.1) is 21.2 Å². The maximum absolute atomic E-state index is 12.7. The number of aliphatic hydroxyl groups is 1. The SMILES string of the molecule is CCC(=NOCc1ccc(Cl)s1)C1=C(O)CC(c2ccc(C(F)(F)F)cc2)CC1=O. The Morgan fingerprint density at radius 3 is 2.47 bits per heavy atom. The number of carbonyl (C=O) groups is 1. The molecule has 0 aliphatic heterocycles. The first kappa shape index (κ1) is 22.4. The Kier molecular flexibility index (Phi) is 6.88. The number of allylic oxidation sites excluding steroid dienone is 2. The molecule has 1 aliphatic rings. The second kappa shape index (κ2) is 9.22. The van der Waals surface area contributed by atoms with Crippen LogP contribution >= 0.6 is 22.9 Å². The van der Waals surface area contributed by atoms with E-state index >= 15 is 0 Å². The molecule has 0 saturated heterocycles. The summed E-state index contributed by atoms with van der Waals surface area (Å²) in [5, 5.41) is 14.5. The summed E-state index contributed by atoms with van der Waals surface area (Å²) in [5.41, 5.74) is 0.289. The van der Waals surface area contributed by atoms with E-state index in [9.17, 15) is 23.1 Å². The molecular weight excluding hydrogens is 439 g/mol. The fraction of sp³-hybridized carbons (Fsp3) is 0.333. The van der Waals surface area contributed by atoms with Crippen LogP contribution in [0.1, 0.15) is 48.1 Å². The molecular formula is C21H19ClF3NO3S. The molecule has 2 aromatic rings. The summed E-state index contributed by atoms with van der Waals surface area (Å²) in [6.45, 7) is 1.98. The van der Waals surface area contributed by atoms with Crippen LogP contribution in [-0.4, -0.2) is 16.6 Å². The van der Waals surface area contributed by atoms with Gasteiger partial charge in [0.25, 0.3) is 0 Å². The van der Waals surface area contributed by atoms with Gasteiger partial charge in [0, 0.05) is 17.7 Å². The molecule has 4 nitrogen and oxygen atoms in total. The number of thiophene rings is 1. The van der Waals surface area contributed by atoms with Crippen LogP contribution in [0.4, 0.5) is 13.2 Å². The third-order valence-electron chi connectivity index (χ3n) is 4.78. The van der Waals surface area contributed by atoms with E-state index in [2.05, 4.69) is 5.16 Å². The highest BCUT2D eigenvalue weighted by Crippen LogP contribution is 2.36. The largest absolute Gasteiger partial charge is 0.511 e. The Morgan fingerprint density at radius 1 is 1.23 bits per heavy atom. The van der Waals surface area contributed by atoms with Crippen LogP contribution in [0.15, 0.2) is 52.9 Å². The highest BCUT2D eigenvalue weighted by Gasteiger charge is 2.33. The number of hydrogen-bond donors (Lipinski definition) is 1. The summed E-state index contributed by atoms with van der Waals surface area (Å²) < 4.78 is 38.9. The quantitative estimate of drug-likeness (QED) is 0.389. The standard InChI is InChI=1S/C21H19ClF3NO3S/c1-2-16(26-29-11-15-7-8-19(22)30-15)20-17(27)9-13(10-18(20)28)12-3-5-14(6-4-12)21(23,24)25/h3-8,13,27H,2,9-11H2,1H3. The third kappa shape index (κ3) is 5.23. The molecule has 1 atom stereocenters. The van der Waals surface area contributed by atoms with Gasteiger partial charge in [0.15, 0.2) is 12.4 Å². The highest BCUT2D eigenvalue weighted by molar-refractivity contribution is 7.16. The average molecular weight is 458 g/mol.